The highest BCUT2D eigenvalue weighted by Gasteiger charge is 2.71. The normalized spacial score (nSPS) is 63.7. The minimum absolute atomic E-state index is 0.0492. The van der Waals surface area contributed by atoms with Crippen LogP contribution in [-0.4, -0.2) is 51.6 Å². The summed E-state index contributed by atoms with van der Waals surface area (Å²) in [5.41, 5.74) is -0.259. The first-order valence-electron chi connectivity index (χ1n) is 13.4. The van der Waals surface area contributed by atoms with Crippen molar-refractivity contribution in [2.24, 2.45) is 46.3 Å². The number of ether oxygens (including phenoxy) is 2. The van der Waals surface area contributed by atoms with Gasteiger partial charge in [-0.25, -0.2) is 0 Å². The summed E-state index contributed by atoms with van der Waals surface area (Å²) in [4.78, 5) is 0. The Kier molecular flexibility index (Phi) is 4.83. The Morgan fingerprint density at radius 3 is 2.41 bits per heavy atom. The van der Waals surface area contributed by atoms with Crippen molar-refractivity contribution < 1.29 is 24.8 Å². The molecule has 182 valence electrons. The lowest BCUT2D eigenvalue weighted by molar-refractivity contribution is -0.263. The van der Waals surface area contributed by atoms with Crippen LogP contribution in [0.15, 0.2) is 0 Å². The first kappa shape index (κ1) is 22.3. The molecule has 6 aliphatic rings. The molecule has 1 spiro atoms. The molecule has 5 nitrogen and oxygen atoms in total. The molecule has 0 radical (unpaired) electrons. The Hall–Kier alpha value is -0.200. The van der Waals surface area contributed by atoms with Crippen molar-refractivity contribution in [1.82, 2.24) is 0 Å². The van der Waals surface area contributed by atoms with Crippen LogP contribution in [0.1, 0.15) is 85.5 Å². The van der Waals surface area contributed by atoms with Crippen LogP contribution >= 0.6 is 0 Å². The third kappa shape index (κ3) is 2.69. The van der Waals surface area contributed by atoms with Gasteiger partial charge in [0.05, 0.1) is 30.5 Å². The van der Waals surface area contributed by atoms with E-state index in [0.717, 1.165) is 32.1 Å². The molecular formula is C27H44O5. The maximum absolute atomic E-state index is 11.2. The second-order valence-electron chi connectivity index (χ2n) is 13.4. The summed E-state index contributed by atoms with van der Waals surface area (Å²) in [5, 5.41) is 31.3. The first-order chi connectivity index (χ1) is 15.1. The van der Waals surface area contributed by atoms with Gasteiger partial charge in [0.1, 0.15) is 0 Å². The van der Waals surface area contributed by atoms with Crippen molar-refractivity contribution in [3.05, 3.63) is 0 Å². The monoisotopic (exact) mass is 448 g/mol. The molecule has 0 amide bonds. The zero-order valence-corrected chi connectivity index (χ0v) is 20.4. The molecule has 0 bridgehead atoms. The lowest BCUT2D eigenvalue weighted by Crippen LogP contribution is -2.59. The molecule has 2 heterocycles. The van der Waals surface area contributed by atoms with E-state index >= 15 is 0 Å². The van der Waals surface area contributed by atoms with Crippen molar-refractivity contribution in [2.75, 3.05) is 6.61 Å². The van der Waals surface area contributed by atoms with E-state index < -0.39 is 11.4 Å². The zero-order valence-electron chi connectivity index (χ0n) is 20.4. The molecule has 0 aromatic carbocycles. The molecule has 0 aromatic heterocycles. The van der Waals surface area contributed by atoms with Crippen LogP contribution in [-0.2, 0) is 9.47 Å². The summed E-state index contributed by atoms with van der Waals surface area (Å²) in [6, 6.07) is 0. The highest BCUT2D eigenvalue weighted by atomic mass is 16.7. The van der Waals surface area contributed by atoms with E-state index in [2.05, 4.69) is 20.8 Å². The van der Waals surface area contributed by atoms with Crippen LogP contribution in [0.2, 0.25) is 0 Å². The average molecular weight is 449 g/mol. The molecule has 13 unspecified atom stereocenters. The van der Waals surface area contributed by atoms with E-state index in [1.54, 1.807) is 0 Å². The lowest BCUT2D eigenvalue weighted by atomic mass is 9.43. The Morgan fingerprint density at radius 1 is 0.906 bits per heavy atom. The summed E-state index contributed by atoms with van der Waals surface area (Å²) in [6.07, 6.45) is 8.61. The fourth-order valence-corrected chi connectivity index (χ4v) is 10.4. The molecule has 0 aromatic rings. The fraction of sp³-hybridized carbons (Fsp3) is 1.00. The lowest BCUT2D eigenvalue weighted by Gasteiger charge is -2.62. The molecule has 32 heavy (non-hydrogen) atoms. The second-order valence-corrected chi connectivity index (χ2v) is 13.4. The first-order valence-corrected chi connectivity index (χ1v) is 13.4. The van der Waals surface area contributed by atoms with Gasteiger partial charge in [-0.3, -0.25) is 0 Å². The molecule has 6 rings (SSSR count). The van der Waals surface area contributed by atoms with Crippen molar-refractivity contribution >= 4 is 0 Å². The highest BCUT2D eigenvalue weighted by molar-refractivity contribution is 5.17. The average Bonchev–Trinajstić information content (AvgIpc) is 3.33. The Balaban J connectivity index is 1.27. The van der Waals surface area contributed by atoms with Crippen molar-refractivity contribution in [3.63, 3.8) is 0 Å². The number of aliphatic hydroxyl groups is 3. The van der Waals surface area contributed by atoms with E-state index in [9.17, 15) is 15.3 Å². The number of hydrogen-bond acceptors (Lipinski definition) is 5. The van der Waals surface area contributed by atoms with Gasteiger partial charge in [0.15, 0.2) is 5.79 Å². The molecule has 4 aliphatic carbocycles. The van der Waals surface area contributed by atoms with E-state index in [-0.39, 0.29) is 35.7 Å². The van der Waals surface area contributed by atoms with Crippen LogP contribution in [0, 0.1) is 46.3 Å². The molecule has 3 N–H and O–H groups in total. The molecule has 2 aliphatic heterocycles. The minimum Gasteiger partial charge on any atom is -0.393 e. The standard InChI is InChI=1S/C27H44O5/c1-15-23-21(31-27(15)10-9-24(2,14-28)32-27)13-20-18-6-5-16-11-17(29)12-22(30)26(16,4)19(18)7-8-25(20,23)3/h15-23,28-30H,5-14H2,1-4H3. The van der Waals surface area contributed by atoms with Gasteiger partial charge in [0.2, 0.25) is 0 Å². The molecule has 4 saturated carbocycles. The summed E-state index contributed by atoms with van der Waals surface area (Å²) >= 11 is 0. The van der Waals surface area contributed by atoms with E-state index in [0.29, 0.717) is 41.9 Å². The molecule has 6 fully saturated rings. The zero-order chi connectivity index (χ0) is 22.7. The van der Waals surface area contributed by atoms with Gasteiger partial charge in [0, 0.05) is 12.3 Å². The van der Waals surface area contributed by atoms with E-state index in [4.69, 9.17) is 9.47 Å². The van der Waals surface area contributed by atoms with Crippen molar-refractivity contribution in [3.8, 4) is 0 Å². The van der Waals surface area contributed by atoms with Gasteiger partial charge >= 0.3 is 0 Å². The van der Waals surface area contributed by atoms with Gasteiger partial charge in [0.25, 0.3) is 0 Å². The van der Waals surface area contributed by atoms with Crippen LogP contribution < -0.4 is 0 Å². The Morgan fingerprint density at radius 2 is 1.69 bits per heavy atom. The van der Waals surface area contributed by atoms with Gasteiger partial charge in [-0.05, 0) is 98.7 Å². The summed E-state index contributed by atoms with van der Waals surface area (Å²) in [5.74, 6) is 2.66. The third-order valence-corrected chi connectivity index (χ3v) is 12.2. The molecule has 2 saturated heterocycles. The fourth-order valence-electron chi connectivity index (χ4n) is 10.4. The Labute approximate surface area is 193 Å². The molecule has 5 heteroatoms. The highest BCUT2D eigenvalue weighted by Crippen LogP contribution is 2.71. The van der Waals surface area contributed by atoms with Crippen LogP contribution in [0.25, 0.3) is 0 Å². The number of fused-ring (bicyclic) bond motifs is 7. The largest absolute Gasteiger partial charge is 0.393 e. The Bertz CT molecular complexity index is 773. The van der Waals surface area contributed by atoms with E-state index in [1.807, 2.05) is 6.92 Å². The summed E-state index contributed by atoms with van der Waals surface area (Å²) < 4.78 is 13.3. The molecular weight excluding hydrogens is 404 g/mol. The van der Waals surface area contributed by atoms with Gasteiger partial charge in [-0.2, -0.15) is 0 Å². The number of rotatable bonds is 1. The summed E-state index contributed by atoms with van der Waals surface area (Å²) in [7, 11) is 0. The van der Waals surface area contributed by atoms with E-state index in [1.165, 1.54) is 19.3 Å². The smallest absolute Gasteiger partial charge is 0.172 e. The maximum atomic E-state index is 11.2. The third-order valence-electron chi connectivity index (χ3n) is 12.2. The number of aliphatic hydroxyl groups excluding tert-OH is 3. The SMILES string of the molecule is CC1C2C(CC3C4CCC5CC(O)CC(O)C5(C)C4CCC32C)OC12CCC(C)(CO)O2. The van der Waals surface area contributed by atoms with Crippen molar-refractivity contribution in [1.29, 1.82) is 0 Å². The van der Waals surface area contributed by atoms with Crippen LogP contribution in [0.4, 0.5) is 0 Å². The second kappa shape index (κ2) is 6.94. The minimum atomic E-state index is -0.517. The molecule has 13 atom stereocenters. The maximum Gasteiger partial charge on any atom is 0.172 e. The quantitative estimate of drug-likeness (QED) is 0.567. The van der Waals surface area contributed by atoms with Crippen LogP contribution in [0.5, 0.6) is 0 Å². The predicted octanol–water partition coefficient (Wildman–Crippen LogP) is 3.88. The van der Waals surface area contributed by atoms with Gasteiger partial charge in [-0.15, -0.1) is 0 Å². The van der Waals surface area contributed by atoms with Crippen molar-refractivity contribution in [2.45, 2.75) is 115 Å². The topological polar surface area (TPSA) is 79.2 Å². The predicted molar refractivity (Wildman–Crippen MR) is 121 cm³/mol. The van der Waals surface area contributed by atoms with Gasteiger partial charge < -0.3 is 24.8 Å². The van der Waals surface area contributed by atoms with Crippen LogP contribution in [0.3, 0.4) is 0 Å². The van der Waals surface area contributed by atoms with Gasteiger partial charge in [-0.1, -0.05) is 20.8 Å². The summed E-state index contributed by atoms with van der Waals surface area (Å²) in [6.45, 7) is 9.30. The number of hydrogen-bond donors (Lipinski definition) is 3.